The molecule has 66 valence electrons. The smallest absolute Gasteiger partial charge is 0.215 e. The fourth-order valence-corrected chi connectivity index (χ4v) is 1.27. The molecule has 0 aliphatic rings. The van der Waals surface area contributed by atoms with Crippen LogP contribution < -0.4 is 4.74 Å². The summed E-state index contributed by atoms with van der Waals surface area (Å²) in [5.74, 6) is 0.602. The average molecular weight is 174 g/mol. The van der Waals surface area contributed by atoms with Crippen LogP contribution in [0.4, 0.5) is 0 Å². The van der Waals surface area contributed by atoms with Gasteiger partial charge in [-0.3, -0.25) is 4.98 Å². The van der Waals surface area contributed by atoms with Gasteiger partial charge in [-0.1, -0.05) is 0 Å². The van der Waals surface area contributed by atoms with Gasteiger partial charge < -0.3 is 4.74 Å². The molecule has 0 atom stereocenters. The topological polar surface area (TPSA) is 35.0 Å². The Morgan fingerprint density at radius 1 is 1.31 bits per heavy atom. The van der Waals surface area contributed by atoms with Gasteiger partial charge >= 0.3 is 0 Å². The lowest BCUT2D eigenvalue weighted by Crippen LogP contribution is -1.89. The minimum Gasteiger partial charge on any atom is -0.481 e. The normalized spacial score (nSPS) is 10.3. The van der Waals surface area contributed by atoms with E-state index in [4.69, 9.17) is 4.74 Å². The van der Waals surface area contributed by atoms with Crippen LogP contribution in [-0.2, 0) is 0 Å². The maximum absolute atomic E-state index is 5.01. The number of aryl methyl sites for hydroxylation is 1. The van der Waals surface area contributed by atoms with Crippen molar-refractivity contribution in [3.63, 3.8) is 0 Å². The van der Waals surface area contributed by atoms with Crippen molar-refractivity contribution in [1.82, 2.24) is 9.97 Å². The molecule has 13 heavy (non-hydrogen) atoms. The maximum atomic E-state index is 5.01. The second kappa shape index (κ2) is 3.01. The van der Waals surface area contributed by atoms with E-state index in [1.807, 2.05) is 19.1 Å². The summed E-state index contributed by atoms with van der Waals surface area (Å²) >= 11 is 0. The van der Waals surface area contributed by atoms with Crippen LogP contribution in [0.3, 0.4) is 0 Å². The molecule has 0 amide bonds. The monoisotopic (exact) mass is 174 g/mol. The van der Waals surface area contributed by atoms with E-state index in [2.05, 4.69) is 9.97 Å². The van der Waals surface area contributed by atoms with Crippen molar-refractivity contribution in [2.75, 3.05) is 7.11 Å². The molecule has 3 nitrogen and oxygen atoms in total. The molecule has 2 heterocycles. The molecule has 2 aromatic heterocycles. The Hall–Kier alpha value is -1.64. The van der Waals surface area contributed by atoms with Gasteiger partial charge in [0.25, 0.3) is 0 Å². The molecule has 0 fully saturated rings. The predicted octanol–water partition coefficient (Wildman–Crippen LogP) is 1.95. The van der Waals surface area contributed by atoms with E-state index in [0.717, 1.165) is 10.9 Å². The van der Waals surface area contributed by atoms with Gasteiger partial charge in [0.15, 0.2) is 0 Å². The Kier molecular flexibility index (Phi) is 1.85. The fraction of sp³-hybridized carbons (Fsp3) is 0.200. The van der Waals surface area contributed by atoms with Crippen molar-refractivity contribution in [3.05, 3.63) is 30.1 Å². The highest BCUT2D eigenvalue weighted by molar-refractivity contribution is 5.81. The molecule has 0 aliphatic carbocycles. The van der Waals surface area contributed by atoms with Crippen LogP contribution in [0.25, 0.3) is 10.9 Å². The molecule has 0 aromatic carbocycles. The average Bonchev–Trinajstić information content (AvgIpc) is 2.18. The summed E-state index contributed by atoms with van der Waals surface area (Å²) in [6.07, 6.45) is 3.58. The molecule has 0 saturated heterocycles. The first-order valence-electron chi connectivity index (χ1n) is 4.06. The standard InChI is InChI=1S/C10H10N2O/c1-7-3-4-11-9-5-10(13-2)12-6-8(7)9/h3-6H,1-2H3. The molecule has 0 spiro atoms. The quantitative estimate of drug-likeness (QED) is 0.662. The SMILES string of the molecule is COc1cc2nccc(C)c2cn1. The number of methoxy groups -OCH3 is 1. The fourth-order valence-electron chi connectivity index (χ4n) is 1.27. The van der Waals surface area contributed by atoms with Crippen LogP contribution in [0.1, 0.15) is 5.56 Å². The van der Waals surface area contributed by atoms with Crippen LogP contribution in [0, 0.1) is 6.92 Å². The van der Waals surface area contributed by atoms with Crippen LogP contribution in [0.15, 0.2) is 24.5 Å². The lowest BCUT2D eigenvalue weighted by atomic mass is 10.2. The van der Waals surface area contributed by atoms with Crippen molar-refractivity contribution >= 4 is 10.9 Å². The molecule has 2 rings (SSSR count). The summed E-state index contributed by atoms with van der Waals surface area (Å²) in [5.41, 5.74) is 2.10. The molecule has 3 heteroatoms. The summed E-state index contributed by atoms with van der Waals surface area (Å²) in [5, 5.41) is 1.07. The van der Waals surface area contributed by atoms with E-state index >= 15 is 0 Å². The summed E-state index contributed by atoms with van der Waals surface area (Å²) in [6.45, 7) is 2.04. The summed E-state index contributed by atoms with van der Waals surface area (Å²) in [6, 6.07) is 3.80. The molecule has 0 unspecified atom stereocenters. The Bertz CT molecular complexity index is 440. The predicted molar refractivity (Wildman–Crippen MR) is 50.8 cm³/mol. The van der Waals surface area contributed by atoms with Gasteiger partial charge in [-0.25, -0.2) is 4.98 Å². The Morgan fingerprint density at radius 2 is 2.15 bits per heavy atom. The zero-order chi connectivity index (χ0) is 9.26. The molecule has 0 radical (unpaired) electrons. The summed E-state index contributed by atoms with van der Waals surface area (Å²) in [4.78, 5) is 8.35. The van der Waals surface area contributed by atoms with Crippen molar-refractivity contribution in [1.29, 1.82) is 0 Å². The lowest BCUT2D eigenvalue weighted by Gasteiger charge is -2.02. The second-order valence-electron chi connectivity index (χ2n) is 2.87. The van der Waals surface area contributed by atoms with Gasteiger partial charge in [-0.2, -0.15) is 0 Å². The second-order valence-corrected chi connectivity index (χ2v) is 2.87. The first-order valence-corrected chi connectivity index (χ1v) is 4.06. The van der Waals surface area contributed by atoms with Gasteiger partial charge in [0.1, 0.15) is 0 Å². The number of aromatic nitrogens is 2. The Labute approximate surface area is 76.4 Å². The zero-order valence-corrected chi connectivity index (χ0v) is 7.61. The van der Waals surface area contributed by atoms with Crippen LogP contribution in [-0.4, -0.2) is 17.1 Å². The van der Waals surface area contributed by atoms with E-state index < -0.39 is 0 Å². The number of hydrogen-bond donors (Lipinski definition) is 0. The van der Waals surface area contributed by atoms with Gasteiger partial charge in [0, 0.05) is 23.8 Å². The van der Waals surface area contributed by atoms with Crippen molar-refractivity contribution in [2.45, 2.75) is 6.92 Å². The summed E-state index contributed by atoms with van der Waals surface area (Å²) in [7, 11) is 1.60. The number of hydrogen-bond acceptors (Lipinski definition) is 3. The molecule has 0 saturated carbocycles. The first-order chi connectivity index (χ1) is 6.31. The third kappa shape index (κ3) is 1.33. The van der Waals surface area contributed by atoms with Gasteiger partial charge in [0.2, 0.25) is 5.88 Å². The van der Waals surface area contributed by atoms with Gasteiger partial charge in [0.05, 0.1) is 12.6 Å². The molecule has 0 bridgehead atoms. The maximum Gasteiger partial charge on any atom is 0.215 e. The highest BCUT2D eigenvalue weighted by Crippen LogP contribution is 2.18. The molecular weight excluding hydrogens is 164 g/mol. The Balaban J connectivity index is 2.72. The minimum atomic E-state index is 0.602. The van der Waals surface area contributed by atoms with Crippen molar-refractivity contribution in [3.8, 4) is 5.88 Å². The van der Waals surface area contributed by atoms with E-state index in [1.165, 1.54) is 5.56 Å². The third-order valence-electron chi connectivity index (χ3n) is 2.03. The van der Waals surface area contributed by atoms with E-state index in [0.29, 0.717) is 5.88 Å². The Morgan fingerprint density at radius 3 is 2.92 bits per heavy atom. The van der Waals surface area contributed by atoms with Crippen LogP contribution >= 0.6 is 0 Å². The largest absolute Gasteiger partial charge is 0.481 e. The number of ether oxygens (including phenoxy) is 1. The lowest BCUT2D eigenvalue weighted by molar-refractivity contribution is 0.398. The van der Waals surface area contributed by atoms with Gasteiger partial charge in [-0.15, -0.1) is 0 Å². The van der Waals surface area contributed by atoms with Gasteiger partial charge in [-0.05, 0) is 18.6 Å². The highest BCUT2D eigenvalue weighted by atomic mass is 16.5. The zero-order valence-electron chi connectivity index (χ0n) is 7.61. The van der Waals surface area contributed by atoms with Crippen LogP contribution in [0.5, 0.6) is 5.88 Å². The van der Waals surface area contributed by atoms with Crippen molar-refractivity contribution in [2.24, 2.45) is 0 Å². The van der Waals surface area contributed by atoms with E-state index in [-0.39, 0.29) is 0 Å². The number of pyridine rings is 2. The molecule has 0 aliphatic heterocycles. The highest BCUT2D eigenvalue weighted by Gasteiger charge is 2.00. The van der Waals surface area contributed by atoms with E-state index in [9.17, 15) is 0 Å². The molecule has 0 N–H and O–H groups in total. The molecular formula is C10H10N2O. The summed E-state index contributed by atoms with van der Waals surface area (Å²) < 4.78 is 5.01. The minimum absolute atomic E-state index is 0.602. The molecule has 2 aromatic rings. The van der Waals surface area contributed by atoms with Crippen molar-refractivity contribution < 1.29 is 4.74 Å². The number of fused-ring (bicyclic) bond motifs is 1. The van der Waals surface area contributed by atoms with E-state index in [1.54, 1.807) is 19.5 Å². The first kappa shape index (κ1) is 7.98. The number of nitrogens with zero attached hydrogens (tertiary/aromatic N) is 2. The van der Waals surface area contributed by atoms with Crippen LogP contribution in [0.2, 0.25) is 0 Å². The number of rotatable bonds is 1. The third-order valence-corrected chi connectivity index (χ3v) is 2.03.